The normalized spacial score (nSPS) is 13.1. The van der Waals surface area contributed by atoms with E-state index in [1.54, 1.807) is 11.3 Å². The molecular weight excluding hydrogens is 366 g/mol. The highest BCUT2D eigenvalue weighted by molar-refractivity contribution is 7.11. The van der Waals surface area contributed by atoms with Crippen molar-refractivity contribution in [3.63, 3.8) is 0 Å². The molecular formula is C19H28ClN5S. The highest BCUT2D eigenvalue weighted by Crippen LogP contribution is 2.20. The van der Waals surface area contributed by atoms with Gasteiger partial charge in [-0.2, -0.15) is 0 Å². The van der Waals surface area contributed by atoms with Crippen LogP contribution in [-0.2, 0) is 6.42 Å². The molecule has 0 aliphatic rings. The van der Waals surface area contributed by atoms with Gasteiger partial charge in [0, 0.05) is 35.6 Å². The van der Waals surface area contributed by atoms with Crippen LogP contribution in [0.1, 0.15) is 28.4 Å². The number of nitrogens with zero attached hydrogens (tertiary/aromatic N) is 3. The highest BCUT2D eigenvalue weighted by atomic mass is 35.5. The molecule has 0 aliphatic heterocycles. The number of aliphatic imine (C=N–C) groups is 1. The summed E-state index contributed by atoms with van der Waals surface area (Å²) in [7, 11) is 4.14. The van der Waals surface area contributed by atoms with Crippen molar-refractivity contribution in [3.05, 3.63) is 50.9 Å². The lowest BCUT2D eigenvalue weighted by Gasteiger charge is -2.23. The van der Waals surface area contributed by atoms with Gasteiger partial charge in [0.15, 0.2) is 5.96 Å². The standard InChI is InChI=1S/C19H28ClN5S/c1-5-21-19(22-11-10-18-23-12-14(2)26-18)24-13-17(25(3)4)15-6-8-16(20)9-7-15/h6-9,12,17H,5,10-11,13H2,1-4H3,(H2,21,22,24). The zero-order chi connectivity index (χ0) is 18.9. The minimum absolute atomic E-state index is 0.198. The number of aryl methyl sites for hydroxylation is 1. The monoisotopic (exact) mass is 393 g/mol. The molecule has 1 atom stereocenters. The van der Waals surface area contributed by atoms with Gasteiger partial charge in [-0.25, -0.2) is 4.98 Å². The topological polar surface area (TPSA) is 52.6 Å². The van der Waals surface area contributed by atoms with Crippen LogP contribution in [-0.4, -0.2) is 49.6 Å². The van der Waals surface area contributed by atoms with Gasteiger partial charge in [0.2, 0.25) is 0 Å². The van der Waals surface area contributed by atoms with E-state index in [9.17, 15) is 0 Å². The summed E-state index contributed by atoms with van der Waals surface area (Å²) in [6.45, 7) is 6.46. The molecule has 1 aromatic heterocycles. The van der Waals surface area contributed by atoms with Gasteiger partial charge in [0.1, 0.15) is 0 Å². The van der Waals surface area contributed by atoms with E-state index in [2.05, 4.69) is 60.6 Å². The van der Waals surface area contributed by atoms with E-state index in [1.807, 2.05) is 18.3 Å². The molecule has 0 saturated carbocycles. The molecule has 0 bridgehead atoms. The van der Waals surface area contributed by atoms with Gasteiger partial charge in [-0.3, -0.25) is 4.99 Å². The van der Waals surface area contributed by atoms with E-state index >= 15 is 0 Å². The lowest BCUT2D eigenvalue weighted by molar-refractivity contribution is 0.306. The van der Waals surface area contributed by atoms with Crippen LogP contribution < -0.4 is 10.6 Å². The summed E-state index contributed by atoms with van der Waals surface area (Å²) in [6, 6.07) is 8.18. The molecule has 0 amide bonds. The van der Waals surface area contributed by atoms with Crippen molar-refractivity contribution in [2.45, 2.75) is 26.3 Å². The van der Waals surface area contributed by atoms with Gasteiger partial charge in [0.25, 0.3) is 0 Å². The maximum atomic E-state index is 6.01. The molecule has 0 fully saturated rings. The van der Waals surface area contributed by atoms with Crippen molar-refractivity contribution in [2.75, 3.05) is 33.7 Å². The van der Waals surface area contributed by atoms with Crippen molar-refractivity contribution in [1.29, 1.82) is 0 Å². The van der Waals surface area contributed by atoms with Crippen LogP contribution >= 0.6 is 22.9 Å². The quantitative estimate of drug-likeness (QED) is 0.532. The fourth-order valence-corrected chi connectivity index (χ4v) is 3.49. The Morgan fingerprint density at radius 3 is 2.58 bits per heavy atom. The van der Waals surface area contributed by atoms with E-state index in [4.69, 9.17) is 16.6 Å². The fraction of sp³-hybridized carbons (Fsp3) is 0.474. The molecule has 0 saturated heterocycles. The number of thiazole rings is 1. The van der Waals surface area contributed by atoms with E-state index in [1.165, 1.54) is 10.4 Å². The average Bonchev–Trinajstić information content (AvgIpc) is 3.01. The number of hydrogen-bond donors (Lipinski definition) is 2. The first kappa shape index (κ1) is 20.7. The van der Waals surface area contributed by atoms with Gasteiger partial charge in [-0.05, 0) is 45.6 Å². The van der Waals surface area contributed by atoms with Crippen LogP contribution in [0.5, 0.6) is 0 Å². The smallest absolute Gasteiger partial charge is 0.191 e. The van der Waals surface area contributed by atoms with Crippen molar-refractivity contribution < 1.29 is 0 Å². The van der Waals surface area contributed by atoms with Crippen LogP contribution in [0.3, 0.4) is 0 Å². The van der Waals surface area contributed by atoms with Crippen molar-refractivity contribution in [2.24, 2.45) is 4.99 Å². The number of aromatic nitrogens is 1. The van der Waals surface area contributed by atoms with Crippen LogP contribution in [0.25, 0.3) is 0 Å². The molecule has 142 valence electrons. The van der Waals surface area contributed by atoms with E-state index in [0.29, 0.717) is 6.54 Å². The summed E-state index contributed by atoms with van der Waals surface area (Å²) < 4.78 is 0. The first-order chi connectivity index (χ1) is 12.5. The first-order valence-electron chi connectivity index (χ1n) is 8.85. The first-order valence-corrected chi connectivity index (χ1v) is 10.0. The fourth-order valence-electron chi connectivity index (χ4n) is 2.58. The third-order valence-electron chi connectivity index (χ3n) is 3.95. The van der Waals surface area contributed by atoms with Crippen molar-refractivity contribution in [1.82, 2.24) is 20.5 Å². The minimum Gasteiger partial charge on any atom is -0.357 e. The highest BCUT2D eigenvalue weighted by Gasteiger charge is 2.14. The third-order valence-corrected chi connectivity index (χ3v) is 5.17. The van der Waals surface area contributed by atoms with Gasteiger partial charge in [0.05, 0.1) is 17.6 Å². The second kappa shape index (κ2) is 10.5. The van der Waals surface area contributed by atoms with Crippen LogP contribution in [0, 0.1) is 6.92 Å². The molecule has 26 heavy (non-hydrogen) atoms. The van der Waals surface area contributed by atoms with Crippen LogP contribution in [0.15, 0.2) is 35.5 Å². The van der Waals surface area contributed by atoms with Gasteiger partial charge in [-0.1, -0.05) is 23.7 Å². The Hall–Kier alpha value is -1.63. The number of guanidine groups is 1. The zero-order valence-corrected chi connectivity index (χ0v) is 17.5. The molecule has 2 N–H and O–H groups in total. The predicted octanol–water partition coefficient (Wildman–Crippen LogP) is 3.51. The maximum absolute atomic E-state index is 6.01. The molecule has 0 radical (unpaired) electrons. The molecule has 0 aliphatic carbocycles. The van der Waals surface area contributed by atoms with Crippen LogP contribution in [0.2, 0.25) is 5.02 Å². The molecule has 1 heterocycles. The largest absolute Gasteiger partial charge is 0.357 e. The van der Waals surface area contributed by atoms with Crippen LogP contribution in [0.4, 0.5) is 0 Å². The Morgan fingerprint density at radius 2 is 2.00 bits per heavy atom. The SMILES string of the molecule is CCNC(=NCC(c1ccc(Cl)cc1)N(C)C)NCCc1ncc(C)s1. The van der Waals surface area contributed by atoms with Crippen molar-refractivity contribution >= 4 is 28.9 Å². The predicted molar refractivity (Wildman–Crippen MR) is 112 cm³/mol. The Labute approximate surface area is 165 Å². The summed E-state index contributed by atoms with van der Waals surface area (Å²) in [6.07, 6.45) is 2.82. The van der Waals surface area contributed by atoms with E-state index in [-0.39, 0.29) is 6.04 Å². The number of rotatable bonds is 8. The molecule has 0 spiro atoms. The molecule has 2 rings (SSSR count). The maximum Gasteiger partial charge on any atom is 0.191 e. The summed E-state index contributed by atoms with van der Waals surface area (Å²) >= 11 is 7.75. The molecule has 2 aromatic rings. The second-order valence-corrected chi connectivity index (χ2v) is 8.05. The summed E-state index contributed by atoms with van der Waals surface area (Å²) in [5.41, 5.74) is 1.21. The van der Waals surface area contributed by atoms with E-state index in [0.717, 1.165) is 35.5 Å². The summed E-state index contributed by atoms with van der Waals surface area (Å²) in [5, 5.41) is 8.61. The van der Waals surface area contributed by atoms with Crippen molar-refractivity contribution in [3.8, 4) is 0 Å². The number of halogens is 1. The van der Waals surface area contributed by atoms with E-state index < -0.39 is 0 Å². The van der Waals surface area contributed by atoms with Gasteiger partial charge >= 0.3 is 0 Å². The lowest BCUT2D eigenvalue weighted by atomic mass is 10.1. The molecule has 5 nitrogen and oxygen atoms in total. The summed E-state index contributed by atoms with van der Waals surface area (Å²) in [5.74, 6) is 0.835. The lowest BCUT2D eigenvalue weighted by Crippen LogP contribution is -2.39. The average molecular weight is 394 g/mol. The molecule has 7 heteroatoms. The molecule has 1 unspecified atom stereocenters. The number of likely N-dealkylation sites (N-methyl/N-ethyl adjacent to an activating group) is 1. The number of hydrogen-bond acceptors (Lipinski definition) is 4. The second-order valence-electron chi connectivity index (χ2n) is 6.29. The Kier molecular flexibility index (Phi) is 8.35. The Bertz CT molecular complexity index is 696. The number of benzene rings is 1. The Morgan fingerprint density at radius 1 is 1.27 bits per heavy atom. The minimum atomic E-state index is 0.198. The summed E-state index contributed by atoms with van der Waals surface area (Å²) in [4.78, 5) is 12.6. The van der Waals surface area contributed by atoms with Gasteiger partial charge < -0.3 is 15.5 Å². The number of nitrogens with one attached hydrogen (secondary N) is 2. The third kappa shape index (κ3) is 6.59. The molecule has 1 aromatic carbocycles. The van der Waals surface area contributed by atoms with Gasteiger partial charge in [-0.15, -0.1) is 11.3 Å². The Balaban J connectivity index is 1.97. The zero-order valence-electron chi connectivity index (χ0n) is 15.9.